The van der Waals surface area contributed by atoms with Gasteiger partial charge in [-0.25, -0.2) is 4.39 Å². The number of hydrogen-bond acceptors (Lipinski definition) is 5. The van der Waals surface area contributed by atoms with Crippen LogP contribution in [0.4, 0.5) is 4.39 Å². The van der Waals surface area contributed by atoms with Gasteiger partial charge in [-0.15, -0.1) is 0 Å². The summed E-state index contributed by atoms with van der Waals surface area (Å²) in [6.07, 6.45) is 0.651. The molecule has 28 heavy (non-hydrogen) atoms. The van der Waals surface area contributed by atoms with Crippen molar-refractivity contribution < 1.29 is 28.0 Å². The van der Waals surface area contributed by atoms with E-state index in [-0.39, 0.29) is 31.2 Å². The van der Waals surface area contributed by atoms with Crippen molar-refractivity contribution in [2.75, 3.05) is 19.8 Å². The van der Waals surface area contributed by atoms with E-state index in [1.807, 2.05) is 27.7 Å². The van der Waals surface area contributed by atoms with E-state index in [0.29, 0.717) is 18.1 Å². The van der Waals surface area contributed by atoms with Gasteiger partial charge < -0.3 is 24.5 Å². The number of benzene rings is 1. The molecule has 1 aromatic rings. The molecule has 0 saturated carbocycles. The summed E-state index contributed by atoms with van der Waals surface area (Å²) < 4.78 is 37.2. The molecule has 0 spiro atoms. The number of ether oxygens (including phenoxy) is 2. The molecule has 9 heteroatoms. The third kappa shape index (κ3) is 6.07. The summed E-state index contributed by atoms with van der Waals surface area (Å²) in [6, 6.07) is 4.26. The van der Waals surface area contributed by atoms with E-state index in [2.05, 4.69) is 0 Å². The number of nitrogens with two attached hydrogens (primary N) is 1. The van der Waals surface area contributed by atoms with Crippen molar-refractivity contribution in [2.45, 2.75) is 57.6 Å². The molecule has 1 fully saturated rings. The van der Waals surface area contributed by atoms with Crippen LogP contribution in [-0.4, -0.2) is 44.0 Å². The molecule has 6 nitrogen and oxygen atoms in total. The Kier molecular flexibility index (Phi) is 7.73. The van der Waals surface area contributed by atoms with Crippen LogP contribution in [0.2, 0.25) is 10.8 Å². The highest BCUT2D eigenvalue weighted by molar-refractivity contribution is 6.47. The molecule has 1 aliphatic rings. The zero-order chi connectivity index (χ0) is 20.9. The summed E-state index contributed by atoms with van der Waals surface area (Å²) >= 11 is 5.76. The minimum Gasteiger partial charge on any atom is -0.491 e. The van der Waals surface area contributed by atoms with E-state index in [0.717, 1.165) is 0 Å². The number of halogens is 2. The Balaban J connectivity index is 1.96. The van der Waals surface area contributed by atoms with Crippen molar-refractivity contribution in [3.05, 3.63) is 29.0 Å². The molecule has 156 valence electrons. The maximum absolute atomic E-state index is 13.9. The number of primary amides is 1. The van der Waals surface area contributed by atoms with Crippen molar-refractivity contribution in [1.29, 1.82) is 0 Å². The zero-order valence-electron chi connectivity index (χ0n) is 16.8. The summed E-state index contributed by atoms with van der Waals surface area (Å²) in [5, 5.41) is 0.308. The highest BCUT2D eigenvalue weighted by Gasteiger charge is 2.53. The Morgan fingerprint density at radius 1 is 1.25 bits per heavy atom. The Labute approximate surface area is 170 Å². The van der Waals surface area contributed by atoms with Gasteiger partial charge in [0.25, 0.3) is 0 Å². The lowest BCUT2D eigenvalue weighted by Gasteiger charge is -2.32. The first-order valence-corrected chi connectivity index (χ1v) is 9.69. The number of amides is 1. The van der Waals surface area contributed by atoms with E-state index in [4.69, 9.17) is 36.1 Å². The fourth-order valence-electron chi connectivity index (χ4n) is 2.70. The largest absolute Gasteiger partial charge is 0.491 e. The number of rotatable bonds is 10. The van der Waals surface area contributed by atoms with Crippen LogP contribution in [-0.2, 0) is 18.8 Å². The normalized spacial score (nSPS) is 18.9. The van der Waals surface area contributed by atoms with Crippen LogP contribution < -0.4 is 10.5 Å². The number of hydrogen-bond donors (Lipinski definition) is 1. The van der Waals surface area contributed by atoms with Gasteiger partial charge in [0.1, 0.15) is 0 Å². The van der Waals surface area contributed by atoms with E-state index >= 15 is 0 Å². The van der Waals surface area contributed by atoms with Gasteiger partial charge in [-0.05, 0) is 52.3 Å². The highest BCUT2D eigenvalue weighted by Crippen LogP contribution is 2.40. The van der Waals surface area contributed by atoms with Gasteiger partial charge in [0, 0.05) is 23.9 Å². The van der Waals surface area contributed by atoms with Gasteiger partial charge in [0.05, 0.1) is 24.4 Å². The molecule has 1 atom stereocenters. The minimum absolute atomic E-state index is 0.131. The van der Waals surface area contributed by atoms with Gasteiger partial charge >= 0.3 is 7.12 Å². The number of carbonyl (C=O) groups is 1. The molecule has 1 saturated heterocycles. The predicted molar refractivity (Wildman–Crippen MR) is 106 cm³/mol. The number of carbonyl (C=O) groups excluding carboxylic acids is 1. The van der Waals surface area contributed by atoms with E-state index in [1.54, 1.807) is 6.07 Å². The molecule has 0 aliphatic carbocycles. The minimum atomic E-state index is -0.516. The SMILES string of the molecule is CC1(C)OB([C@@H](CCOc2ccc(Cl)cc2F)COCCC(N)=O)OC1(C)C. The molecule has 0 aromatic heterocycles. The molecular formula is C19H28BClFNO5. The van der Waals surface area contributed by atoms with Crippen molar-refractivity contribution >= 4 is 24.6 Å². The Morgan fingerprint density at radius 2 is 1.89 bits per heavy atom. The fraction of sp³-hybridized carbons (Fsp3) is 0.632. The molecule has 0 unspecified atom stereocenters. The van der Waals surface area contributed by atoms with Crippen molar-refractivity contribution in [2.24, 2.45) is 5.73 Å². The smallest absolute Gasteiger partial charge is 0.463 e. The lowest BCUT2D eigenvalue weighted by Crippen LogP contribution is -2.41. The molecule has 2 N–H and O–H groups in total. The van der Waals surface area contributed by atoms with E-state index in [9.17, 15) is 9.18 Å². The summed E-state index contributed by atoms with van der Waals surface area (Å²) in [5.74, 6) is -0.970. The second-order valence-corrected chi connectivity index (χ2v) is 8.32. The maximum Gasteiger partial charge on any atom is 0.463 e. The lowest BCUT2D eigenvalue weighted by atomic mass is 9.70. The third-order valence-corrected chi connectivity index (χ3v) is 5.36. The third-order valence-electron chi connectivity index (χ3n) is 5.12. The van der Waals surface area contributed by atoms with Crippen LogP contribution in [0.1, 0.15) is 40.5 Å². The van der Waals surface area contributed by atoms with Crippen LogP contribution in [0, 0.1) is 5.82 Å². The first-order valence-electron chi connectivity index (χ1n) is 9.31. The standard InChI is InChI=1S/C19H28BClFNO5/c1-18(2)19(3,4)28-20(27-18)13(12-25-9-8-17(23)24)7-10-26-16-6-5-14(21)11-15(16)22/h5-6,11,13H,7-10,12H2,1-4H3,(H2,23,24)/t13-/m0/s1. The summed E-state index contributed by atoms with van der Waals surface area (Å²) in [4.78, 5) is 10.9. The maximum atomic E-state index is 13.9. The molecule has 1 amide bonds. The average molecular weight is 416 g/mol. The molecule has 2 rings (SSSR count). The topological polar surface area (TPSA) is 80.0 Å². The zero-order valence-corrected chi connectivity index (χ0v) is 17.6. The quantitative estimate of drug-likeness (QED) is 0.466. The van der Waals surface area contributed by atoms with Crippen LogP contribution in [0.3, 0.4) is 0 Å². The summed E-state index contributed by atoms with van der Waals surface area (Å²) in [5.41, 5.74) is 4.18. The van der Waals surface area contributed by atoms with Gasteiger partial charge in [-0.2, -0.15) is 0 Å². The molecular weight excluding hydrogens is 387 g/mol. The summed E-state index contributed by atoms with van der Waals surface area (Å²) in [7, 11) is -0.503. The van der Waals surface area contributed by atoms with Gasteiger partial charge in [0.15, 0.2) is 11.6 Å². The van der Waals surface area contributed by atoms with Gasteiger partial charge in [-0.1, -0.05) is 11.6 Å². The Hall–Kier alpha value is -1.35. The second-order valence-electron chi connectivity index (χ2n) is 7.89. The highest BCUT2D eigenvalue weighted by atomic mass is 35.5. The van der Waals surface area contributed by atoms with Crippen molar-refractivity contribution in [3.8, 4) is 5.75 Å². The van der Waals surface area contributed by atoms with Crippen molar-refractivity contribution in [1.82, 2.24) is 0 Å². The van der Waals surface area contributed by atoms with Gasteiger partial charge in [0.2, 0.25) is 5.91 Å². The first-order chi connectivity index (χ1) is 13.0. The fourth-order valence-corrected chi connectivity index (χ4v) is 2.86. The van der Waals surface area contributed by atoms with Crippen LogP contribution in [0.25, 0.3) is 0 Å². The van der Waals surface area contributed by atoms with Crippen LogP contribution in [0.5, 0.6) is 5.75 Å². The monoisotopic (exact) mass is 415 g/mol. The molecule has 0 radical (unpaired) electrons. The summed E-state index contributed by atoms with van der Waals surface area (Å²) in [6.45, 7) is 8.64. The molecule has 0 bridgehead atoms. The molecule has 1 aliphatic heterocycles. The Morgan fingerprint density at radius 3 is 2.46 bits per heavy atom. The predicted octanol–water partition coefficient (Wildman–Crippen LogP) is 3.60. The van der Waals surface area contributed by atoms with Crippen LogP contribution >= 0.6 is 11.6 Å². The van der Waals surface area contributed by atoms with Crippen molar-refractivity contribution in [3.63, 3.8) is 0 Å². The lowest BCUT2D eigenvalue weighted by molar-refractivity contribution is -0.119. The van der Waals surface area contributed by atoms with E-state index in [1.165, 1.54) is 12.1 Å². The Bertz CT molecular complexity index is 672. The van der Waals surface area contributed by atoms with Crippen LogP contribution in [0.15, 0.2) is 18.2 Å². The molecule has 1 aromatic carbocycles. The average Bonchev–Trinajstić information content (AvgIpc) is 2.79. The molecule has 1 heterocycles. The van der Waals surface area contributed by atoms with E-state index < -0.39 is 30.0 Å². The second kappa shape index (κ2) is 9.44. The van der Waals surface area contributed by atoms with Gasteiger partial charge in [-0.3, -0.25) is 4.79 Å². The first kappa shape index (κ1) is 22.9.